The maximum Gasteiger partial charge on any atom is 0.129 e. The summed E-state index contributed by atoms with van der Waals surface area (Å²) >= 11 is 0. The molecule has 5 nitrogen and oxygen atoms in total. The Morgan fingerprint density at radius 1 is 1.17 bits per heavy atom. The van der Waals surface area contributed by atoms with Crippen LogP contribution in [0.1, 0.15) is 11.4 Å². The zero-order chi connectivity index (χ0) is 16.5. The van der Waals surface area contributed by atoms with Crippen molar-refractivity contribution < 1.29 is 4.74 Å². The van der Waals surface area contributed by atoms with E-state index in [1.165, 1.54) is 11.1 Å². The molecule has 0 radical (unpaired) electrons. The Hall–Kier alpha value is -2.40. The smallest absolute Gasteiger partial charge is 0.129 e. The zero-order valence-electron chi connectivity index (χ0n) is 14.1. The molecule has 5 heteroatoms. The zero-order valence-corrected chi connectivity index (χ0v) is 14.1. The van der Waals surface area contributed by atoms with Crippen molar-refractivity contribution in [3.8, 4) is 0 Å². The van der Waals surface area contributed by atoms with Crippen LogP contribution in [0.15, 0.2) is 42.5 Å². The van der Waals surface area contributed by atoms with Crippen LogP contribution in [0, 0.1) is 13.8 Å². The molecule has 0 aliphatic carbocycles. The number of morpholine rings is 1. The van der Waals surface area contributed by atoms with Gasteiger partial charge in [0.1, 0.15) is 5.82 Å². The van der Waals surface area contributed by atoms with Gasteiger partial charge in [-0.25, -0.2) is 4.98 Å². The van der Waals surface area contributed by atoms with Gasteiger partial charge in [0.15, 0.2) is 0 Å². The highest BCUT2D eigenvalue weighted by atomic mass is 16.5. The number of fused-ring (bicyclic) bond motifs is 1. The topological polar surface area (TPSA) is 43.2 Å². The van der Waals surface area contributed by atoms with Crippen molar-refractivity contribution in [1.29, 1.82) is 0 Å². The van der Waals surface area contributed by atoms with Crippen LogP contribution in [0.4, 0.5) is 5.82 Å². The Labute approximate surface area is 141 Å². The Bertz CT molecular complexity index is 857. The van der Waals surface area contributed by atoms with E-state index in [-0.39, 0.29) is 6.10 Å². The van der Waals surface area contributed by atoms with Gasteiger partial charge in [0, 0.05) is 24.2 Å². The van der Waals surface area contributed by atoms with Crippen molar-refractivity contribution in [2.24, 2.45) is 0 Å². The van der Waals surface area contributed by atoms with E-state index in [1.54, 1.807) is 0 Å². The minimum absolute atomic E-state index is 0.130. The predicted octanol–water partition coefficient (Wildman–Crippen LogP) is 2.95. The maximum absolute atomic E-state index is 5.96. The van der Waals surface area contributed by atoms with Crippen molar-refractivity contribution in [2.75, 3.05) is 24.6 Å². The van der Waals surface area contributed by atoms with Crippen molar-refractivity contribution in [2.45, 2.75) is 26.5 Å². The molecule has 0 spiro atoms. The summed E-state index contributed by atoms with van der Waals surface area (Å²) in [5, 5.41) is 5.72. The Kier molecular flexibility index (Phi) is 3.94. The summed E-state index contributed by atoms with van der Waals surface area (Å²) in [4.78, 5) is 7.12. The summed E-state index contributed by atoms with van der Waals surface area (Å²) in [7, 11) is 0. The normalized spacial score (nSPS) is 18.2. The maximum atomic E-state index is 5.96. The highest BCUT2D eigenvalue weighted by molar-refractivity contribution is 5.80. The second kappa shape index (κ2) is 6.24. The van der Waals surface area contributed by atoms with Crippen LogP contribution >= 0.6 is 0 Å². The van der Waals surface area contributed by atoms with E-state index < -0.39 is 0 Å². The SMILES string of the molecule is Cc1cc(C)n(CC2CN(c3ccc4ccccc4n3)CCO2)n1. The molecule has 3 heterocycles. The fourth-order valence-electron chi connectivity index (χ4n) is 3.32. The van der Waals surface area contributed by atoms with Crippen molar-refractivity contribution in [3.05, 3.63) is 53.9 Å². The number of aryl methyl sites for hydroxylation is 2. The summed E-state index contributed by atoms with van der Waals surface area (Å²) in [5.74, 6) is 1.02. The number of anilines is 1. The first kappa shape index (κ1) is 15.1. The number of aromatic nitrogens is 3. The molecule has 1 saturated heterocycles. The molecule has 0 bridgehead atoms. The number of rotatable bonds is 3. The number of benzene rings is 1. The lowest BCUT2D eigenvalue weighted by Crippen LogP contribution is -2.44. The molecule has 1 aromatic carbocycles. The van der Waals surface area contributed by atoms with Gasteiger partial charge in [-0.2, -0.15) is 5.10 Å². The average molecular weight is 322 g/mol. The van der Waals surface area contributed by atoms with Gasteiger partial charge in [0.2, 0.25) is 0 Å². The Balaban J connectivity index is 1.52. The Morgan fingerprint density at radius 2 is 2.04 bits per heavy atom. The molecule has 0 N–H and O–H groups in total. The summed E-state index contributed by atoms with van der Waals surface area (Å²) in [6.45, 7) is 7.33. The molecule has 1 atom stereocenters. The number of nitrogens with zero attached hydrogens (tertiary/aromatic N) is 4. The van der Waals surface area contributed by atoms with E-state index >= 15 is 0 Å². The Morgan fingerprint density at radius 3 is 2.88 bits per heavy atom. The third-order valence-electron chi connectivity index (χ3n) is 4.53. The van der Waals surface area contributed by atoms with Gasteiger partial charge in [-0.3, -0.25) is 4.68 Å². The fraction of sp³-hybridized carbons (Fsp3) is 0.368. The van der Waals surface area contributed by atoms with E-state index in [4.69, 9.17) is 9.72 Å². The lowest BCUT2D eigenvalue weighted by Gasteiger charge is -2.34. The first-order valence-corrected chi connectivity index (χ1v) is 8.42. The second-order valence-corrected chi connectivity index (χ2v) is 6.41. The van der Waals surface area contributed by atoms with Crippen LogP contribution in [-0.2, 0) is 11.3 Å². The van der Waals surface area contributed by atoms with E-state index in [2.05, 4.69) is 47.3 Å². The molecule has 3 aromatic rings. The van der Waals surface area contributed by atoms with Gasteiger partial charge in [-0.05, 0) is 38.1 Å². The van der Waals surface area contributed by atoms with E-state index in [0.29, 0.717) is 0 Å². The molecule has 1 aliphatic rings. The minimum Gasteiger partial charge on any atom is -0.373 e. The largest absolute Gasteiger partial charge is 0.373 e. The van der Waals surface area contributed by atoms with Gasteiger partial charge < -0.3 is 9.64 Å². The van der Waals surface area contributed by atoms with Gasteiger partial charge >= 0.3 is 0 Å². The van der Waals surface area contributed by atoms with Crippen LogP contribution in [0.2, 0.25) is 0 Å². The molecule has 2 aromatic heterocycles. The lowest BCUT2D eigenvalue weighted by molar-refractivity contribution is 0.0268. The van der Waals surface area contributed by atoms with Crippen LogP contribution in [0.25, 0.3) is 10.9 Å². The van der Waals surface area contributed by atoms with Crippen LogP contribution in [-0.4, -0.2) is 40.6 Å². The predicted molar refractivity (Wildman–Crippen MR) is 95.4 cm³/mol. The second-order valence-electron chi connectivity index (χ2n) is 6.41. The van der Waals surface area contributed by atoms with Crippen molar-refractivity contribution >= 4 is 16.7 Å². The number of pyridine rings is 1. The highest BCUT2D eigenvalue weighted by Gasteiger charge is 2.22. The molecule has 1 aliphatic heterocycles. The summed E-state index contributed by atoms with van der Waals surface area (Å²) in [5.41, 5.74) is 3.27. The van der Waals surface area contributed by atoms with E-state index in [0.717, 1.165) is 43.3 Å². The van der Waals surface area contributed by atoms with Crippen LogP contribution < -0.4 is 4.90 Å². The summed E-state index contributed by atoms with van der Waals surface area (Å²) in [6, 6.07) is 14.6. The minimum atomic E-state index is 0.130. The molecule has 24 heavy (non-hydrogen) atoms. The van der Waals surface area contributed by atoms with Gasteiger partial charge in [0.25, 0.3) is 0 Å². The van der Waals surface area contributed by atoms with Crippen LogP contribution in [0.5, 0.6) is 0 Å². The average Bonchev–Trinajstić information content (AvgIpc) is 2.92. The van der Waals surface area contributed by atoms with E-state index in [1.807, 2.05) is 23.7 Å². The molecule has 1 unspecified atom stereocenters. The first-order valence-electron chi connectivity index (χ1n) is 8.42. The van der Waals surface area contributed by atoms with Crippen LogP contribution in [0.3, 0.4) is 0 Å². The number of para-hydroxylation sites is 1. The molecule has 0 amide bonds. The summed E-state index contributed by atoms with van der Waals surface area (Å²) < 4.78 is 7.99. The fourth-order valence-corrected chi connectivity index (χ4v) is 3.32. The number of hydrogen-bond acceptors (Lipinski definition) is 4. The third kappa shape index (κ3) is 2.99. The first-order chi connectivity index (χ1) is 11.7. The standard InChI is InChI=1S/C19H22N4O/c1-14-11-15(2)23(21-14)13-17-12-22(9-10-24-17)19-8-7-16-5-3-4-6-18(16)20-19/h3-8,11,17H,9-10,12-13H2,1-2H3. The van der Waals surface area contributed by atoms with Gasteiger partial charge in [-0.15, -0.1) is 0 Å². The monoisotopic (exact) mass is 322 g/mol. The molecule has 124 valence electrons. The quantitative estimate of drug-likeness (QED) is 0.743. The molecule has 4 rings (SSSR count). The third-order valence-corrected chi connectivity index (χ3v) is 4.53. The van der Waals surface area contributed by atoms with Crippen molar-refractivity contribution in [1.82, 2.24) is 14.8 Å². The molecular formula is C19H22N4O. The number of hydrogen-bond donors (Lipinski definition) is 0. The molecule has 1 fully saturated rings. The number of ether oxygens (including phenoxy) is 1. The van der Waals surface area contributed by atoms with Gasteiger partial charge in [-0.1, -0.05) is 18.2 Å². The van der Waals surface area contributed by atoms with E-state index in [9.17, 15) is 0 Å². The molecular weight excluding hydrogens is 300 g/mol. The highest BCUT2D eigenvalue weighted by Crippen LogP contribution is 2.20. The molecule has 0 saturated carbocycles. The van der Waals surface area contributed by atoms with Gasteiger partial charge in [0.05, 0.1) is 30.5 Å². The lowest BCUT2D eigenvalue weighted by atomic mass is 10.2. The van der Waals surface area contributed by atoms with Crippen molar-refractivity contribution in [3.63, 3.8) is 0 Å². The summed E-state index contributed by atoms with van der Waals surface area (Å²) in [6.07, 6.45) is 0.130.